The summed E-state index contributed by atoms with van der Waals surface area (Å²) in [6.45, 7) is 1.84. The number of amides is 1. The van der Waals surface area contributed by atoms with Gasteiger partial charge >= 0.3 is 0 Å². The molecular formula is C22H17FN4O3. The fourth-order valence-electron chi connectivity index (χ4n) is 3.05. The van der Waals surface area contributed by atoms with E-state index in [1.807, 2.05) is 6.07 Å². The standard InChI is InChI=1S/C22H17FN4O3/c1-13-19(20(27-30-13)16-7-2-3-8-17(16)23)21(28)14-10-18(25-11-14)22(29)26-12-15-6-4-5-9-24-15/h2-11,25H,12H2,1H3,(H,26,29). The summed E-state index contributed by atoms with van der Waals surface area (Å²) in [4.78, 5) is 32.4. The third-order valence-electron chi connectivity index (χ3n) is 4.56. The van der Waals surface area contributed by atoms with Gasteiger partial charge < -0.3 is 14.8 Å². The van der Waals surface area contributed by atoms with E-state index in [1.165, 1.54) is 24.4 Å². The Morgan fingerprint density at radius 2 is 1.97 bits per heavy atom. The van der Waals surface area contributed by atoms with E-state index in [-0.39, 0.29) is 46.3 Å². The molecule has 0 unspecified atom stereocenters. The van der Waals surface area contributed by atoms with Crippen LogP contribution in [0.4, 0.5) is 4.39 Å². The van der Waals surface area contributed by atoms with Gasteiger partial charge in [0.15, 0.2) is 5.78 Å². The maximum Gasteiger partial charge on any atom is 0.268 e. The Bertz CT molecular complexity index is 1210. The van der Waals surface area contributed by atoms with Crippen LogP contribution in [-0.2, 0) is 6.54 Å². The summed E-state index contributed by atoms with van der Waals surface area (Å²) in [6, 6.07) is 12.9. The number of benzene rings is 1. The molecule has 0 fully saturated rings. The highest BCUT2D eigenvalue weighted by Crippen LogP contribution is 2.29. The Hall–Kier alpha value is -4.07. The average Bonchev–Trinajstić information content (AvgIpc) is 3.40. The van der Waals surface area contributed by atoms with Gasteiger partial charge in [0.1, 0.15) is 23.0 Å². The zero-order valence-electron chi connectivity index (χ0n) is 16.0. The minimum absolute atomic E-state index is 0.123. The molecule has 3 aromatic heterocycles. The van der Waals surface area contributed by atoms with E-state index in [1.54, 1.807) is 37.4 Å². The number of aromatic nitrogens is 3. The first kappa shape index (κ1) is 19.3. The molecule has 30 heavy (non-hydrogen) atoms. The van der Waals surface area contributed by atoms with Crippen LogP contribution < -0.4 is 5.32 Å². The maximum absolute atomic E-state index is 14.2. The molecule has 1 aromatic carbocycles. The van der Waals surface area contributed by atoms with E-state index < -0.39 is 11.6 Å². The number of halogens is 1. The number of rotatable bonds is 6. The first-order valence-corrected chi connectivity index (χ1v) is 9.17. The Balaban J connectivity index is 1.56. The van der Waals surface area contributed by atoms with Crippen molar-refractivity contribution in [1.29, 1.82) is 0 Å². The number of H-pyrrole nitrogens is 1. The summed E-state index contributed by atoms with van der Waals surface area (Å²) in [5.41, 5.74) is 1.61. The first-order valence-electron chi connectivity index (χ1n) is 9.17. The second kappa shape index (κ2) is 8.12. The van der Waals surface area contributed by atoms with Gasteiger partial charge in [0.2, 0.25) is 0 Å². The SMILES string of the molecule is Cc1onc(-c2ccccc2F)c1C(=O)c1c[nH]c(C(=O)NCc2ccccn2)c1. The van der Waals surface area contributed by atoms with Gasteiger partial charge in [0.05, 0.1) is 17.8 Å². The van der Waals surface area contributed by atoms with Crippen molar-refractivity contribution in [1.82, 2.24) is 20.4 Å². The summed E-state index contributed by atoms with van der Waals surface area (Å²) < 4.78 is 19.4. The lowest BCUT2D eigenvalue weighted by molar-refractivity contribution is 0.0946. The van der Waals surface area contributed by atoms with E-state index in [0.717, 1.165) is 0 Å². The Morgan fingerprint density at radius 3 is 2.73 bits per heavy atom. The third kappa shape index (κ3) is 3.75. The molecule has 0 atom stereocenters. The van der Waals surface area contributed by atoms with Crippen LogP contribution in [-0.4, -0.2) is 26.8 Å². The molecule has 150 valence electrons. The van der Waals surface area contributed by atoms with Gasteiger partial charge in [-0.25, -0.2) is 4.39 Å². The van der Waals surface area contributed by atoms with Gasteiger partial charge in [-0.2, -0.15) is 0 Å². The van der Waals surface area contributed by atoms with Crippen LogP contribution in [0.5, 0.6) is 0 Å². The molecule has 0 aliphatic rings. The van der Waals surface area contributed by atoms with Crippen molar-refractivity contribution in [3.63, 3.8) is 0 Å². The summed E-state index contributed by atoms with van der Waals surface area (Å²) in [5, 5.41) is 6.60. The monoisotopic (exact) mass is 404 g/mol. The van der Waals surface area contributed by atoms with Crippen LogP contribution in [0.3, 0.4) is 0 Å². The molecule has 4 rings (SSSR count). The number of hydrogen-bond acceptors (Lipinski definition) is 5. The van der Waals surface area contributed by atoms with Gasteiger partial charge in [-0.3, -0.25) is 14.6 Å². The number of carbonyl (C=O) groups excluding carboxylic acids is 2. The van der Waals surface area contributed by atoms with E-state index in [9.17, 15) is 14.0 Å². The molecule has 4 aromatic rings. The second-order valence-corrected chi connectivity index (χ2v) is 6.58. The fourth-order valence-corrected chi connectivity index (χ4v) is 3.05. The topological polar surface area (TPSA) is 101 Å². The number of aromatic amines is 1. The van der Waals surface area contributed by atoms with Gasteiger partial charge in [-0.15, -0.1) is 0 Å². The van der Waals surface area contributed by atoms with Gasteiger partial charge in [0.25, 0.3) is 5.91 Å². The average molecular weight is 404 g/mol. The zero-order chi connectivity index (χ0) is 21.1. The number of nitrogens with one attached hydrogen (secondary N) is 2. The van der Waals surface area contributed by atoms with Crippen molar-refractivity contribution in [2.24, 2.45) is 0 Å². The highest BCUT2D eigenvalue weighted by atomic mass is 19.1. The highest BCUT2D eigenvalue weighted by molar-refractivity contribution is 6.13. The number of carbonyl (C=O) groups is 2. The molecule has 0 saturated carbocycles. The zero-order valence-corrected chi connectivity index (χ0v) is 16.0. The van der Waals surface area contributed by atoms with Crippen molar-refractivity contribution in [2.75, 3.05) is 0 Å². The molecule has 0 spiro atoms. The van der Waals surface area contributed by atoms with E-state index in [2.05, 4.69) is 20.4 Å². The number of hydrogen-bond donors (Lipinski definition) is 2. The lowest BCUT2D eigenvalue weighted by Crippen LogP contribution is -2.23. The Morgan fingerprint density at radius 1 is 1.17 bits per heavy atom. The van der Waals surface area contributed by atoms with Crippen molar-refractivity contribution in [2.45, 2.75) is 13.5 Å². The Labute approximate surface area is 170 Å². The molecule has 2 N–H and O–H groups in total. The molecule has 0 saturated heterocycles. The molecule has 1 amide bonds. The molecule has 0 bridgehead atoms. The minimum Gasteiger partial charge on any atom is -0.360 e. The second-order valence-electron chi connectivity index (χ2n) is 6.58. The van der Waals surface area contributed by atoms with Gasteiger partial charge in [-0.1, -0.05) is 23.4 Å². The summed E-state index contributed by atoms with van der Waals surface area (Å²) >= 11 is 0. The third-order valence-corrected chi connectivity index (χ3v) is 4.56. The van der Waals surface area contributed by atoms with Crippen LogP contribution >= 0.6 is 0 Å². The van der Waals surface area contributed by atoms with Crippen LogP contribution in [0.2, 0.25) is 0 Å². The predicted octanol–water partition coefficient (Wildman–Crippen LogP) is 3.67. The lowest BCUT2D eigenvalue weighted by Gasteiger charge is -2.03. The van der Waals surface area contributed by atoms with E-state index >= 15 is 0 Å². The normalized spacial score (nSPS) is 10.7. The van der Waals surface area contributed by atoms with Crippen LogP contribution in [0.1, 0.15) is 37.9 Å². The molecule has 0 radical (unpaired) electrons. The summed E-state index contributed by atoms with van der Waals surface area (Å²) in [6.07, 6.45) is 3.07. The number of pyridine rings is 1. The molecule has 7 nitrogen and oxygen atoms in total. The molecule has 8 heteroatoms. The molecule has 3 heterocycles. The predicted molar refractivity (Wildman–Crippen MR) is 106 cm³/mol. The van der Waals surface area contributed by atoms with Crippen molar-refractivity contribution >= 4 is 11.7 Å². The quantitative estimate of drug-likeness (QED) is 0.478. The van der Waals surface area contributed by atoms with E-state index in [0.29, 0.717) is 5.69 Å². The molecular weight excluding hydrogens is 387 g/mol. The molecule has 0 aliphatic heterocycles. The fraction of sp³-hybridized carbons (Fsp3) is 0.0909. The number of nitrogens with zero attached hydrogens (tertiary/aromatic N) is 2. The molecule has 0 aliphatic carbocycles. The van der Waals surface area contributed by atoms with E-state index in [4.69, 9.17) is 4.52 Å². The largest absolute Gasteiger partial charge is 0.360 e. The summed E-state index contributed by atoms with van der Waals surface area (Å²) in [5.74, 6) is -1.05. The number of ketones is 1. The van der Waals surface area contributed by atoms with Gasteiger partial charge in [0, 0.05) is 23.5 Å². The van der Waals surface area contributed by atoms with Crippen LogP contribution in [0, 0.1) is 12.7 Å². The smallest absolute Gasteiger partial charge is 0.268 e. The van der Waals surface area contributed by atoms with Crippen molar-refractivity contribution in [3.05, 3.63) is 95.0 Å². The lowest BCUT2D eigenvalue weighted by atomic mass is 9.99. The first-order chi connectivity index (χ1) is 14.5. The summed E-state index contributed by atoms with van der Waals surface area (Å²) in [7, 11) is 0. The van der Waals surface area contributed by atoms with Crippen molar-refractivity contribution < 1.29 is 18.5 Å². The minimum atomic E-state index is -0.511. The van der Waals surface area contributed by atoms with Crippen LogP contribution in [0.15, 0.2) is 65.4 Å². The van der Waals surface area contributed by atoms with Crippen LogP contribution in [0.25, 0.3) is 11.3 Å². The Kier molecular flexibility index (Phi) is 5.21. The highest BCUT2D eigenvalue weighted by Gasteiger charge is 2.25. The number of aryl methyl sites for hydroxylation is 1. The van der Waals surface area contributed by atoms with Crippen molar-refractivity contribution in [3.8, 4) is 11.3 Å². The maximum atomic E-state index is 14.2. The van der Waals surface area contributed by atoms with Gasteiger partial charge in [-0.05, 0) is 37.3 Å².